The highest BCUT2D eigenvalue weighted by Gasteiger charge is 2.34. The van der Waals surface area contributed by atoms with Crippen molar-refractivity contribution in [3.8, 4) is 0 Å². The van der Waals surface area contributed by atoms with Gasteiger partial charge in [-0.05, 0) is 46.5 Å². The van der Waals surface area contributed by atoms with Crippen molar-refractivity contribution >= 4 is 31.9 Å². The van der Waals surface area contributed by atoms with Crippen molar-refractivity contribution in [2.24, 2.45) is 0 Å². The molecule has 0 fully saturated rings. The molecule has 0 saturated heterocycles. The quantitative estimate of drug-likeness (QED) is 0.252. The predicted molar refractivity (Wildman–Crippen MR) is 138 cm³/mol. The van der Waals surface area contributed by atoms with Crippen molar-refractivity contribution < 1.29 is 5.11 Å². The Hall–Kier alpha value is -2.24. The first-order chi connectivity index (χ1) is 15.5. The molecule has 4 aromatic rings. The Morgan fingerprint density at radius 3 is 1.44 bits per heavy atom. The van der Waals surface area contributed by atoms with Crippen LogP contribution in [0.15, 0.2) is 118 Å². The van der Waals surface area contributed by atoms with Crippen LogP contribution >= 0.6 is 31.9 Å². The molecule has 0 saturated carbocycles. The zero-order valence-electron chi connectivity index (χ0n) is 17.7. The van der Waals surface area contributed by atoms with Crippen molar-refractivity contribution in [3.63, 3.8) is 0 Å². The van der Waals surface area contributed by atoms with Crippen molar-refractivity contribution in [1.82, 2.24) is 4.90 Å². The maximum atomic E-state index is 12.2. The average Bonchev–Trinajstić information content (AvgIpc) is 2.80. The fraction of sp³-hybridized carbons (Fsp3) is 0.143. The van der Waals surface area contributed by atoms with Crippen LogP contribution in [-0.4, -0.2) is 16.6 Å². The standard InChI is InChI=1S/C28H25Br2NO/c29-26-15-7-13-24(17-26)28(32,25-14-8-16-27(30)18-25)21-31(19-22-9-3-1-4-10-22)20-23-11-5-2-6-12-23/h1-18,32H,19-21H2. The molecular weight excluding hydrogens is 526 g/mol. The molecule has 0 heterocycles. The molecule has 0 aliphatic carbocycles. The second kappa shape index (κ2) is 10.6. The minimum absolute atomic E-state index is 0.448. The fourth-order valence-electron chi connectivity index (χ4n) is 4.02. The van der Waals surface area contributed by atoms with Crippen LogP contribution in [0.25, 0.3) is 0 Å². The number of rotatable bonds is 8. The lowest BCUT2D eigenvalue weighted by atomic mass is 9.85. The van der Waals surface area contributed by atoms with Crippen LogP contribution in [0.1, 0.15) is 22.3 Å². The number of hydrogen-bond acceptors (Lipinski definition) is 2. The Balaban J connectivity index is 1.75. The van der Waals surface area contributed by atoms with Crippen molar-refractivity contribution in [2.45, 2.75) is 18.7 Å². The molecule has 32 heavy (non-hydrogen) atoms. The largest absolute Gasteiger partial charge is 0.379 e. The molecule has 0 bridgehead atoms. The second-order valence-electron chi connectivity index (χ2n) is 8.00. The Bertz CT molecular complexity index is 1060. The van der Waals surface area contributed by atoms with Gasteiger partial charge in [0.1, 0.15) is 5.60 Å². The van der Waals surface area contributed by atoms with Crippen molar-refractivity contribution in [2.75, 3.05) is 6.54 Å². The first kappa shape index (κ1) is 22.9. The van der Waals surface area contributed by atoms with Gasteiger partial charge in [-0.3, -0.25) is 4.90 Å². The maximum Gasteiger partial charge on any atom is 0.127 e. The van der Waals surface area contributed by atoms with E-state index in [-0.39, 0.29) is 0 Å². The zero-order valence-corrected chi connectivity index (χ0v) is 20.8. The first-order valence-corrected chi connectivity index (χ1v) is 12.2. The summed E-state index contributed by atoms with van der Waals surface area (Å²) >= 11 is 7.16. The molecule has 4 aromatic carbocycles. The van der Waals surface area contributed by atoms with E-state index in [0.29, 0.717) is 6.54 Å². The van der Waals surface area contributed by atoms with Gasteiger partial charge in [-0.15, -0.1) is 0 Å². The van der Waals surface area contributed by atoms with Crippen LogP contribution < -0.4 is 0 Å². The maximum absolute atomic E-state index is 12.2. The fourth-order valence-corrected chi connectivity index (χ4v) is 4.81. The van der Waals surface area contributed by atoms with E-state index in [9.17, 15) is 5.11 Å². The molecule has 2 nitrogen and oxygen atoms in total. The van der Waals surface area contributed by atoms with Gasteiger partial charge in [0.2, 0.25) is 0 Å². The Labute approximate surface area is 206 Å². The summed E-state index contributed by atoms with van der Waals surface area (Å²) in [5, 5.41) is 12.2. The molecular formula is C28H25Br2NO. The average molecular weight is 551 g/mol. The molecule has 0 radical (unpaired) electrons. The topological polar surface area (TPSA) is 23.5 Å². The monoisotopic (exact) mass is 549 g/mol. The van der Waals surface area contributed by atoms with E-state index in [0.717, 1.165) is 33.2 Å². The Kier molecular flexibility index (Phi) is 7.59. The van der Waals surface area contributed by atoms with Gasteiger partial charge in [0.05, 0.1) is 0 Å². The lowest BCUT2D eigenvalue weighted by Gasteiger charge is -2.36. The predicted octanol–water partition coefficient (Wildman–Crippen LogP) is 7.15. The molecule has 0 spiro atoms. The molecule has 1 N–H and O–H groups in total. The third-order valence-corrected chi connectivity index (χ3v) is 6.54. The van der Waals surface area contributed by atoms with Crippen LogP contribution in [-0.2, 0) is 18.7 Å². The number of benzene rings is 4. The van der Waals surface area contributed by atoms with Gasteiger partial charge in [0, 0.05) is 28.6 Å². The van der Waals surface area contributed by atoms with E-state index < -0.39 is 5.60 Å². The highest BCUT2D eigenvalue weighted by atomic mass is 79.9. The molecule has 0 aliphatic heterocycles. The summed E-state index contributed by atoms with van der Waals surface area (Å²) in [5.41, 5.74) is 2.97. The number of halogens is 2. The molecule has 4 rings (SSSR count). The van der Waals surface area contributed by atoms with Crippen LogP contribution in [0.3, 0.4) is 0 Å². The van der Waals surface area contributed by atoms with E-state index in [1.165, 1.54) is 11.1 Å². The molecule has 4 heteroatoms. The third kappa shape index (κ3) is 5.76. The summed E-state index contributed by atoms with van der Waals surface area (Å²) in [6.45, 7) is 1.92. The summed E-state index contributed by atoms with van der Waals surface area (Å²) in [5.74, 6) is 0. The van der Waals surface area contributed by atoms with E-state index in [2.05, 4.69) is 85.3 Å². The zero-order chi connectivity index (χ0) is 22.4. The summed E-state index contributed by atoms with van der Waals surface area (Å²) in [6, 6.07) is 36.8. The molecule has 0 aliphatic rings. The minimum atomic E-state index is -1.18. The lowest BCUT2D eigenvalue weighted by Crippen LogP contribution is -2.41. The molecule has 0 atom stereocenters. The van der Waals surface area contributed by atoms with Gasteiger partial charge < -0.3 is 5.11 Å². The van der Waals surface area contributed by atoms with Crippen LogP contribution in [0.5, 0.6) is 0 Å². The van der Waals surface area contributed by atoms with Crippen LogP contribution in [0, 0.1) is 0 Å². The van der Waals surface area contributed by atoms with Gasteiger partial charge in [-0.2, -0.15) is 0 Å². The Morgan fingerprint density at radius 1 is 0.594 bits per heavy atom. The highest BCUT2D eigenvalue weighted by molar-refractivity contribution is 9.10. The smallest absolute Gasteiger partial charge is 0.127 e. The molecule has 0 amide bonds. The lowest BCUT2D eigenvalue weighted by molar-refractivity contribution is 0.0297. The van der Waals surface area contributed by atoms with Gasteiger partial charge in [0.25, 0.3) is 0 Å². The number of aliphatic hydroxyl groups is 1. The highest BCUT2D eigenvalue weighted by Crippen LogP contribution is 2.34. The summed E-state index contributed by atoms with van der Waals surface area (Å²) < 4.78 is 1.89. The molecule has 0 unspecified atom stereocenters. The molecule has 162 valence electrons. The molecule has 0 aromatic heterocycles. The van der Waals surface area contributed by atoms with Gasteiger partial charge in [0.15, 0.2) is 0 Å². The van der Waals surface area contributed by atoms with Gasteiger partial charge in [-0.25, -0.2) is 0 Å². The summed E-state index contributed by atoms with van der Waals surface area (Å²) in [4.78, 5) is 2.31. The van der Waals surface area contributed by atoms with Gasteiger partial charge in [-0.1, -0.05) is 117 Å². The van der Waals surface area contributed by atoms with E-state index in [1.807, 2.05) is 60.7 Å². The minimum Gasteiger partial charge on any atom is -0.379 e. The van der Waals surface area contributed by atoms with E-state index in [4.69, 9.17) is 0 Å². The van der Waals surface area contributed by atoms with E-state index in [1.54, 1.807) is 0 Å². The normalized spacial score (nSPS) is 11.6. The van der Waals surface area contributed by atoms with Crippen LogP contribution in [0.2, 0.25) is 0 Å². The van der Waals surface area contributed by atoms with Gasteiger partial charge >= 0.3 is 0 Å². The van der Waals surface area contributed by atoms with Crippen molar-refractivity contribution in [1.29, 1.82) is 0 Å². The van der Waals surface area contributed by atoms with Crippen molar-refractivity contribution in [3.05, 3.63) is 140 Å². The Morgan fingerprint density at radius 2 is 1.03 bits per heavy atom. The first-order valence-electron chi connectivity index (χ1n) is 10.6. The summed E-state index contributed by atoms with van der Waals surface area (Å²) in [7, 11) is 0. The van der Waals surface area contributed by atoms with Crippen LogP contribution in [0.4, 0.5) is 0 Å². The SMILES string of the molecule is OC(CN(Cc1ccccc1)Cc1ccccc1)(c1cccc(Br)c1)c1cccc(Br)c1. The summed E-state index contributed by atoms with van der Waals surface area (Å²) in [6.07, 6.45) is 0. The number of hydrogen-bond donors (Lipinski definition) is 1. The number of nitrogens with zero attached hydrogens (tertiary/aromatic N) is 1. The van der Waals surface area contributed by atoms with E-state index >= 15 is 0 Å². The second-order valence-corrected chi connectivity index (χ2v) is 9.83. The third-order valence-electron chi connectivity index (χ3n) is 5.55.